The summed E-state index contributed by atoms with van der Waals surface area (Å²) in [5, 5.41) is 8.92. The largest absolute Gasteiger partial charge is 0.491 e. The van der Waals surface area contributed by atoms with Crippen LogP contribution in [0.4, 0.5) is 0 Å². The van der Waals surface area contributed by atoms with Gasteiger partial charge in [-0.1, -0.05) is 29.3 Å². The number of amides is 1. The summed E-state index contributed by atoms with van der Waals surface area (Å²) < 4.78 is 37.2. The molecule has 2 atom stereocenters. The number of hydrogen-bond donors (Lipinski definition) is 1. The number of sulfone groups is 1. The summed E-state index contributed by atoms with van der Waals surface area (Å²) in [6, 6.07) is 6.20. The van der Waals surface area contributed by atoms with E-state index >= 15 is 0 Å². The number of carboxylic acid groups (broad SMARTS) is 1. The molecule has 0 radical (unpaired) electrons. The van der Waals surface area contributed by atoms with Crippen molar-refractivity contribution >= 4 is 44.9 Å². The molecule has 2 fully saturated rings. The molecule has 12 heteroatoms. The van der Waals surface area contributed by atoms with Crippen molar-refractivity contribution in [2.45, 2.75) is 40.9 Å². The molecule has 1 amide bonds. The van der Waals surface area contributed by atoms with Crippen LogP contribution in [-0.4, -0.2) is 73.4 Å². The molecule has 9 nitrogen and oxygen atoms in total. The second-order valence-corrected chi connectivity index (χ2v) is 11.6. The predicted octanol–water partition coefficient (Wildman–Crippen LogP) is 2.97. The highest BCUT2D eigenvalue weighted by atomic mass is 35.5. The SMILES string of the molecule is COCCOc1ccc(S(=O)(=O)[C@@H]2CC(C(=O)O)N(C(=O)C3(c4ccc(Cl)nc4)CC3)C2)c(Cl)c1. The maximum absolute atomic E-state index is 13.5. The molecule has 1 saturated carbocycles. The van der Waals surface area contributed by atoms with E-state index in [1.54, 1.807) is 12.1 Å². The van der Waals surface area contributed by atoms with E-state index in [4.69, 9.17) is 32.7 Å². The summed E-state index contributed by atoms with van der Waals surface area (Å²) in [7, 11) is -2.51. The lowest BCUT2D eigenvalue weighted by Gasteiger charge is -2.27. The van der Waals surface area contributed by atoms with Crippen molar-refractivity contribution in [3.05, 3.63) is 52.3 Å². The summed E-state index contributed by atoms with van der Waals surface area (Å²) in [5.41, 5.74) is -0.280. The molecule has 35 heavy (non-hydrogen) atoms. The fourth-order valence-electron chi connectivity index (χ4n) is 4.39. The Bertz CT molecular complexity index is 1230. The molecule has 4 rings (SSSR count). The van der Waals surface area contributed by atoms with Crippen molar-refractivity contribution in [3.63, 3.8) is 0 Å². The van der Waals surface area contributed by atoms with Crippen LogP contribution in [0.1, 0.15) is 24.8 Å². The standard InChI is InChI=1S/C23H24Cl2N2O7S/c1-33-8-9-34-15-3-4-19(17(24)10-15)35(31,32)16-11-18(21(28)29)27(13-16)22(30)23(6-7-23)14-2-5-20(25)26-12-14/h2-5,10,12,16,18H,6-9,11,13H2,1H3,(H,28,29)/t16-,18?/m1/s1. The zero-order chi connectivity index (χ0) is 25.4. The average Bonchev–Trinajstić information content (AvgIpc) is 3.49. The molecule has 0 spiro atoms. The summed E-state index contributed by atoms with van der Waals surface area (Å²) in [4.78, 5) is 30.6. The number of carbonyl (C=O) groups excluding carboxylic acids is 1. The maximum Gasteiger partial charge on any atom is 0.326 e. The van der Waals surface area contributed by atoms with Gasteiger partial charge in [-0.2, -0.15) is 0 Å². The van der Waals surface area contributed by atoms with Gasteiger partial charge in [0.05, 0.1) is 27.2 Å². The van der Waals surface area contributed by atoms with Crippen LogP contribution in [0.5, 0.6) is 5.75 Å². The number of halogens is 2. The fourth-order valence-corrected chi connectivity index (χ4v) is 6.74. The lowest BCUT2D eigenvalue weighted by molar-refractivity contribution is -0.149. The van der Waals surface area contributed by atoms with Gasteiger partial charge in [0.2, 0.25) is 5.91 Å². The van der Waals surface area contributed by atoms with Crippen LogP contribution in [0.15, 0.2) is 41.4 Å². The van der Waals surface area contributed by atoms with Crippen LogP contribution in [0.3, 0.4) is 0 Å². The Hall–Kier alpha value is -2.40. The summed E-state index contributed by atoms with van der Waals surface area (Å²) >= 11 is 12.1. The van der Waals surface area contributed by atoms with Gasteiger partial charge >= 0.3 is 5.97 Å². The number of carboxylic acids is 1. The number of methoxy groups -OCH3 is 1. The molecule has 2 aromatic rings. The Morgan fingerprint density at radius 1 is 1.20 bits per heavy atom. The smallest absolute Gasteiger partial charge is 0.326 e. The van der Waals surface area contributed by atoms with E-state index in [0.717, 1.165) is 0 Å². The highest BCUT2D eigenvalue weighted by Crippen LogP contribution is 2.50. The van der Waals surface area contributed by atoms with Crippen molar-refractivity contribution in [3.8, 4) is 5.75 Å². The minimum Gasteiger partial charge on any atom is -0.491 e. The van der Waals surface area contributed by atoms with Crippen LogP contribution in [0, 0.1) is 0 Å². The van der Waals surface area contributed by atoms with E-state index in [-0.39, 0.29) is 34.6 Å². The number of hydrogen-bond acceptors (Lipinski definition) is 7. The van der Waals surface area contributed by atoms with E-state index in [0.29, 0.717) is 30.8 Å². The van der Waals surface area contributed by atoms with E-state index in [1.807, 2.05) is 0 Å². The van der Waals surface area contributed by atoms with Gasteiger partial charge in [0, 0.05) is 25.9 Å². The first-order valence-electron chi connectivity index (χ1n) is 10.9. The predicted molar refractivity (Wildman–Crippen MR) is 128 cm³/mol. The first-order valence-corrected chi connectivity index (χ1v) is 13.2. The Labute approximate surface area is 212 Å². The topological polar surface area (TPSA) is 123 Å². The molecule has 0 bridgehead atoms. The lowest BCUT2D eigenvalue weighted by Crippen LogP contribution is -2.46. The van der Waals surface area contributed by atoms with Gasteiger partial charge in [-0.3, -0.25) is 4.79 Å². The molecule has 1 aliphatic carbocycles. The summed E-state index contributed by atoms with van der Waals surface area (Å²) in [5.74, 6) is -1.29. The van der Waals surface area contributed by atoms with Crippen molar-refractivity contribution in [1.29, 1.82) is 0 Å². The van der Waals surface area contributed by atoms with E-state index in [9.17, 15) is 23.1 Å². The number of carbonyl (C=O) groups is 2. The van der Waals surface area contributed by atoms with Crippen molar-refractivity contribution in [2.24, 2.45) is 0 Å². The molecular formula is C23H24Cl2N2O7S. The number of aromatic nitrogens is 1. The van der Waals surface area contributed by atoms with Crippen LogP contribution in [-0.2, 0) is 29.6 Å². The third-order valence-electron chi connectivity index (χ3n) is 6.45. The van der Waals surface area contributed by atoms with Crippen LogP contribution in [0.25, 0.3) is 0 Å². The number of pyridine rings is 1. The van der Waals surface area contributed by atoms with E-state index < -0.39 is 38.4 Å². The number of nitrogens with zero attached hydrogens (tertiary/aromatic N) is 2. The van der Waals surface area contributed by atoms with Gasteiger partial charge in [0.15, 0.2) is 9.84 Å². The van der Waals surface area contributed by atoms with Gasteiger partial charge in [-0.05, 0) is 43.0 Å². The van der Waals surface area contributed by atoms with Gasteiger partial charge in [0.25, 0.3) is 0 Å². The molecule has 1 saturated heterocycles. The highest BCUT2D eigenvalue weighted by molar-refractivity contribution is 7.92. The highest BCUT2D eigenvalue weighted by Gasteiger charge is 2.57. The Morgan fingerprint density at radius 3 is 2.51 bits per heavy atom. The van der Waals surface area contributed by atoms with Crippen LogP contribution in [0.2, 0.25) is 10.2 Å². The zero-order valence-electron chi connectivity index (χ0n) is 18.8. The van der Waals surface area contributed by atoms with Crippen molar-refractivity contribution in [1.82, 2.24) is 9.88 Å². The van der Waals surface area contributed by atoms with Crippen LogP contribution >= 0.6 is 23.2 Å². The van der Waals surface area contributed by atoms with Crippen LogP contribution < -0.4 is 4.74 Å². The lowest BCUT2D eigenvalue weighted by atomic mass is 9.95. The van der Waals surface area contributed by atoms with Gasteiger partial charge in [-0.25, -0.2) is 18.2 Å². The molecule has 1 aliphatic heterocycles. The molecule has 2 heterocycles. The molecular weight excluding hydrogens is 519 g/mol. The van der Waals surface area contributed by atoms with Crippen molar-refractivity contribution < 1.29 is 32.6 Å². The molecule has 2 aliphatic rings. The Balaban J connectivity index is 1.58. The quantitative estimate of drug-likeness (QED) is 0.379. The monoisotopic (exact) mass is 542 g/mol. The molecule has 1 aromatic carbocycles. The third-order valence-corrected chi connectivity index (χ3v) is 9.29. The second-order valence-electron chi connectivity index (χ2n) is 8.60. The van der Waals surface area contributed by atoms with Crippen molar-refractivity contribution in [2.75, 3.05) is 26.9 Å². The summed E-state index contributed by atoms with van der Waals surface area (Å²) in [6.45, 7) is 0.376. The number of rotatable bonds is 9. The van der Waals surface area contributed by atoms with E-state index in [2.05, 4.69) is 4.98 Å². The maximum atomic E-state index is 13.5. The summed E-state index contributed by atoms with van der Waals surface area (Å²) in [6.07, 6.45) is 2.31. The van der Waals surface area contributed by atoms with Gasteiger partial charge < -0.3 is 19.5 Å². The normalized spacial score (nSPS) is 21.1. The minimum atomic E-state index is -4.04. The Kier molecular flexibility index (Phi) is 7.28. The molecule has 188 valence electrons. The number of aliphatic carboxylic acids is 1. The molecule has 1 unspecified atom stereocenters. The fraction of sp³-hybridized carbons (Fsp3) is 0.435. The average molecular weight is 543 g/mol. The number of likely N-dealkylation sites (tertiary alicyclic amines) is 1. The number of benzene rings is 1. The van der Waals surface area contributed by atoms with E-state index in [1.165, 1.54) is 36.4 Å². The first-order chi connectivity index (χ1) is 16.6. The zero-order valence-corrected chi connectivity index (χ0v) is 21.1. The van der Waals surface area contributed by atoms with Gasteiger partial charge in [-0.15, -0.1) is 0 Å². The first kappa shape index (κ1) is 25.7. The third kappa shape index (κ3) is 4.97. The molecule has 1 N–H and O–H groups in total. The minimum absolute atomic E-state index is 0.0394. The Morgan fingerprint density at radius 2 is 1.94 bits per heavy atom. The second kappa shape index (κ2) is 9.93. The molecule has 1 aromatic heterocycles. The number of ether oxygens (including phenoxy) is 2. The van der Waals surface area contributed by atoms with Gasteiger partial charge in [0.1, 0.15) is 23.6 Å².